The zero-order chi connectivity index (χ0) is 15.7. The maximum atomic E-state index is 12.3. The Morgan fingerprint density at radius 3 is 2.86 bits per heavy atom. The van der Waals surface area contributed by atoms with Gasteiger partial charge in [0.1, 0.15) is 12.4 Å². The number of aryl methyl sites for hydroxylation is 2. The molecule has 0 spiro atoms. The van der Waals surface area contributed by atoms with Crippen molar-refractivity contribution in [3.05, 3.63) is 41.7 Å². The topological polar surface area (TPSA) is 64.7 Å². The number of nitrogens with one attached hydrogen (secondary N) is 1. The molecule has 3 aromatic rings. The first-order valence-electron chi connectivity index (χ1n) is 7.33. The Morgan fingerprint density at radius 2 is 2.09 bits per heavy atom. The molecule has 0 bridgehead atoms. The zero-order valence-corrected chi connectivity index (χ0v) is 13.0. The molecule has 6 heteroatoms. The fourth-order valence-electron chi connectivity index (χ4n) is 2.74. The summed E-state index contributed by atoms with van der Waals surface area (Å²) >= 11 is 0. The van der Waals surface area contributed by atoms with E-state index >= 15 is 0 Å². The van der Waals surface area contributed by atoms with Crippen LogP contribution >= 0.6 is 0 Å². The van der Waals surface area contributed by atoms with E-state index in [1.807, 2.05) is 38.2 Å². The van der Waals surface area contributed by atoms with E-state index in [4.69, 9.17) is 0 Å². The van der Waals surface area contributed by atoms with Gasteiger partial charge in [0, 0.05) is 18.0 Å². The Balaban J connectivity index is 1.81. The number of nitrogens with zero attached hydrogens (tertiary/aromatic N) is 4. The van der Waals surface area contributed by atoms with E-state index in [0.29, 0.717) is 0 Å². The predicted octanol–water partition coefficient (Wildman–Crippen LogP) is 2.28. The molecular formula is C16H19N5O. The first-order valence-corrected chi connectivity index (χ1v) is 7.33. The predicted molar refractivity (Wildman–Crippen MR) is 85.7 cm³/mol. The summed E-state index contributed by atoms with van der Waals surface area (Å²) in [4.78, 5) is 12.3. The minimum Gasteiger partial charge on any atom is -0.309 e. The molecule has 0 aliphatic heterocycles. The minimum atomic E-state index is -0.105. The maximum absolute atomic E-state index is 12.3. The van der Waals surface area contributed by atoms with E-state index in [-0.39, 0.29) is 12.5 Å². The van der Waals surface area contributed by atoms with Crippen molar-refractivity contribution in [1.82, 2.24) is 19.6 Å². The Kier molecular flexibility index (Phi) is 3.66. The van der Waals surface area contributed by atoms with Crippen LogP contribution in [0.1, 0.15) is 18.2 Å². The quantitative estimate of drug-likeness (QED) is 0.803. The molecule has 0 unspecified atom stereocenters. The average molecular weight is 297 g/mol. The Morgan fingerprint density at radius 1 is 1.32 bits per heavy atom. The molecule has 2 heterocycles. The van der Waals surface area contributed by atoms with Crippen molar-refractivity contribution in [2.45, 2.75) is 26.8 Å². The van der Waals surface area contributed by atoms with Gasteiger partial charge in [-0.05, 0) is 19.4 Å². The second kappa shape index (κ2) is 5.63. The number of anilines is 1. The van der Waals surface area contributed by atoms with Crippen molar-refractivity contribution < 1.29 is 4.79 Å². The summed E-state index contributed by atoms with van der Waals surface area (Å²) in [6.07, 6.45) is 2.61. The maximum Gasteiger partial charge on any atom is 0.247 e. The average Bonchev–Trinajstić information content (AvgIpc) is 3.01. The zero-order valence-electron chi connectivity index (χ0n) is 13.0. The smallest absolute Gasteiger partial charge is 0.247 e. The van der Waals surface area contributed by atoms with Gasteiger partial charge in [-0.1, -0.05) is 25.1 Å². The van der Waals surface area contributed by atoms with Gasteiger partial charge in [-0.15, -0.1) is 0 Å². The van der Waals surface area contributed by atoms with Crippen LogP contribution in [0.3, 0.4) is 0 Å². The summed E-state index contributed by atoms with van der Waals surface area (Å²) in [6, 6.07) is 7.84. The molecule has 1 amide bonds. The molecule has 6 nitrogen and oxygen atoms in total. The fourth-order valence-corrected chi connectivity index (χ4v) is 2.74. The van der Waals surface area contributed by atoms with Crippen molar-refractivity contribution in [1.29, 1.82) is 0 Å². The fraction of sp³-hybridized carbons (Fsp3) is 0.312. The van der Waals surface area contributed by atoms with Crippen LogP contribution in [0.4, 0.5) is 5.82 Å². The van der Waals surface area contributed by atoms with Crippen LogP contribution in [0.25, 0.3) is 10.9 Å². The van der Waals surface area contributed by atoms with Gasteiger partial charge < -0.3 is 5.32 Å². The summed E-state index contributed by atoms with van der Waals surface area (Å²) in [5, 5.41) is 12.6. The van der Waals surface area contributed by atoms with Crippen molar-refractivity contribution >= 4 is 22.6 Å². The lowest BCUT2D eigenvalue weighted by atomic mass is 10.2. The van der Waals surface area contributed by atoms with E-state index < -0.39 is 0 Å². The summed E-state index contributed by atoms with van der Waals surface area (Å²) < 4.78 is 3.42. The van der Waals surface area contributed by atoms with Crippen LogP contribution in [-0.2, 0) is 24.8 Å². The molecule has 0 aliphatic rings. The summed E-state index contributed by atoms with van der Waals surface area (Å²) in [7, 11) is 1.84. The standard InChI is InChI=1S/C16H19N5O/c1-4-13-11(2)19-20(3)16(13)18-15(22)10-21-14-8-6-5-7-12(14)9-17-21/h5-9H,4,10H2,1-3H3,(H,18,22). The first kappa shape index (κ1) is 14.3. The SMILES string of the molecule is CCc1c(C)nn(C)c1NC(=O)Cn1ncc2ccccc21. The highest BCUT2D eigenvalue weighted by atomic mass is 16.2. The van der Waals surface area contributed by atoms with E-state index in [1.165, 1.54) is 0 Å². The number of hydrogen-bond acceptors (Lipinski definition) is 3. The number of carbonyl (C=O) groups is 1. The van der Waals surface area contributed by atoms with Gasteiger partial charge in [0.2, 0.25) is 5.91 Å². The molecule has 0 fully saturated rings. The van der Waals surface area contributed by atoms with E-state index in [2.05, 4.69) is 22.4 Å². The summed E-state index contributed by atoms with van der Waals surface area (Å²) in [5.41, 5.74) is 2.97. The normalized spacial score (nSPS) is 11.0. The second-order valence-electron chi connectivity index (χ2n) is 5.30. The van der Waals surface area contributed by atoms with Gasteiger partial charge >= 0.3 is 0 Å². The van der Waals surface area contributed by atoms with Crippen LogP contribution in [0, 0.1) is 6.92 Å². The second-order valence-corrected chi connectivity index (χ2v) is 5.30. The van der Waals surface area contributed by atoms with Gasteiger partial charge in [-0.2, -0.15) is 10.2 Å². The molecule has 1 aromatic carbocycles. The van der Waals surface area contributed by atoms with Gasteiger partial charge in [0.15, 0.2) is 0 Å². The Labute approximate surface area is 128 Å². The van der Waals surface area contributed by atoms with Crippen molar-refractivity contribution in [3.63, 3.8) is 0 Å². The summed E-state index contributed by atoms with van der Waals surface area (Å²) in [5.74, 6) is 0.660. The third kappa shape index (κ3) is 2.47. The van der Waals surface area contributed by atoms with E-state index in [9.17, 15) is 4.79 Å². The number of hydrogen-bond donors (Lipinski definition) is 1. The van der Waals surface area contributed by atoms with Crippen LogP contribution in [0.15, 0.2) is 30.5 Å². The van der Waals surface area contributed by atoms with Gasteiger partial charge in [0.05, 0.1) is 17.4 Å². The van der Waals surface area contributed by atoms with Crippen LogP contribution < -0.4 is 5.32 Å². The number of aromatic nitrogens is 4. The molecule has 22 heavy (non-hydrogen) atoms. The number of amides is 1. The minimum absolute atomic E-state index is 0.105. The lowest BCUT2D eigenvalue weighted by Gasteiger charge is -2.08. The van der Waals surface area contributed by atoms with Gasteiger partial charge in [-0.25, -0.2) is 0 Å². The number of benzene rings is 1. The Bertz CT molecular complexity index is 830. The molecule has 0 aliphatic carbocycles. The van der Waals surface area contributed by atoms with E-state index in [1.54, 1.807) is 15.6 Å². The number of rotatable bonds is 4. The first-order chi connectivity index (χ1) is 10.6. The van der Waals surface area contributed by atoms with Crippen LogP contribution in [0.5, 0.6) is 0 Å². The third-order valence-corrected chi connectivity index (χ3v) is 3.80. The molecule has 0 saturated carbocycles. The molecular weight excluding hydrogens is 278 g/mol. The molecule has 3 rings (SSSR count). The van der Waals surface area contributed by atoms with Crippen LogP contribution in [-0.4, -0.2) is 25.5 Å². The number of para-hydroxylation sites is 1. The largest absolute Gasteiger partial charge is 0.309 e. The van der Waals surface area contributed by atoms with Gasteiger partial charge in [-0.3, -0.25) is 14.2 Å². The lowest BCUT2D eigenvalue weighted by molar-refractivity contribution is -0.116. The third-order valence-electron chi connectivity index (χ3n) is 3.80. The monoisotopic (exact) mass is 297 g/mol. The molecule has 0 radical (unpaired) electrons. The van der Waals surface area contributed by atoms with Gasteiger partial charge in [0.25, 0.3) is 0 Å². The highest BCUT2D eigenvalue weighted by Gasteiger charge is 2.15. The number of fused-ring (bicyclic) bond motifs is 1. The highest BCUT2D eigenvalue weighted by Crippen LogP contribution is 2.19. The Hall–Kier alpha value is -2.63. The highest BCUT2D eigenvalue weighted by molar-refractivity contribution is 5.91. The molecule has 0 atom stereocenters. The number of carbonyl (C=O) groups excluding carboxylic acids is 1. The van der Waals surface area contributed by atoms with Crippen LogP contribution in [0.2, 0.25) is 0 Å². The molecule has 114 valence electrons. The van der Waals surface area contributed by atoms with Crippen molar-refractivity contribution in [2.24, 2.45) is 7.05 Å². The molecule has 1 N–H and O–H groups in total. The van der Waals surface area contributed by atoms with E-state index in [0.717, 1.165) is 34.4 Å². The molecule has 2 aromatic heterocycles. The van der Waals surface area contributed by atoms with Crippen molar-refractivity contribution in [3.8, 4) is 0 Å². The lowest BCUT2D eigenvalue weighted by Crippen LogP contribution is -2.21. The molecule has 0 saturated heterocycles. The summed E-state index contributed by atoms with van der Waals surface area (Å²) in [6.45, 7) is 4.19. The van der Waals surface area contributed by atoms with Crippen molar-refractivity contribution in [2.75, 3.05) is 5.32 Å².